The fourth-order valence-electron chi connectivity index (χ4n) is 3.28. The highest BCUT2D eigenvalue weighted by Gasteiger charge is 2.36. The minimum atomic E-state index is -0.266. The zero-order chi connectivity index (χ0) is 16.5. The summed E-state index contributed by atoms with van der Waals surface area (Å²) in [5.74, 6) is -0.266. The molecule has 0 atom stereocenters. The molecule has 1 aromatic carbocycles. The molecule has 0 fully saturated rings. The van der Waals surface area contributed by atoms with E-state index in [0.717, 1.165) is 11.1 Å². The zero-order valence-electron chi connectivity index (χ0n) is 14.7. The molecule has 1 aliphatic rings. The predicted molar refractivity (Wildman–Crippen MR) is 92.0 cm³/mol. The van der Waals surface area contributed by atoms with Gasteiger partial charge in [0.25, 0.3) is 0 Å². The molecule has 0 N–H and O–H groups in total. The van der Waals surface area contributed by atoms with Gasteiger partial charge >= 0.3 is 5.97 Å². The molecule has 0 spiro atoms. The van der Waals surface area contributed by atoms with Crippen molar-refractivity contribution in [2.75, 3.05) is 6.61 Å². The Morgan fingerprint density at radius 2 is 1.73 bits per heavy atom. The molecular weight excluding hydrogens is 272 g/mol. The maximum Gasteiger partial charge on any atom is 0.331 e. The van der Waals surface area contributed by atoms with Crippen LogP contribution in [-0.2, 0) is 20.4 Å². The number of rotatable bonds is 3. The lowest BCUT2D eigenvalue weighted by Gasteiger charge is -2.42. The standard InChI is InChI=1S/C20H28O2/c1-7-22-18(21)12-14(2)15-8-9-16-17(13-15)20(5,6)11-10-19(16,3)4/h8-9,12-13H,7,10-11H2,1-6H3/b14-12-. The van der Waals surface area contributed by atoms with Crippen molar-refractivity contribution in [1.29, 1.82) is 0 Å². The van der Waals surface area contributed by atoms with Gasteiger partial charge in [0.2, 0.25) is 0 Å². The molecule has 22 heavy (non-hydrogen) atoms. The smallest absolute Gasteiger partial charge is 0.331 e. The molecule has 0 heterocycles. The van der Waals surface area contributed by atoms with Crippen molar-refractivity contribution in [1.82, 2.24) is 0 Å². The second-order valence-corrected chi connectivity index (χ2v) is 7.61. The van der Waals surface area contributed by atoms with Gasteiger partial charge in [-0.25, -0.2) is 4.79 Å². The molecule has 0 saturated carbocycles. The Morgan fingerprint density at radius 3 is 2.32 bits per heavy atom. The van der Waals surface area contributed by atoms with Crippen LogP contribution in [0.2, 0.25) is 0 Å². The maximum absolute atomic E-state index is 11.6. The highest BCUT2D eigenvalue weighted by Crippen LogP contribution is 2.46. The average molecular weight is 300 g/mol. The maximum atomic E-state index is 11.6. The van der Waals surface area contributed by atoms with Crippen molar-refractivity contribution in [3.8, 4) is 0 Å². The molecule has 2 nitrogen and oxygen atoms in total. The third kappa shape index (κ3) is 3.26. The van der Waals surface area contributed by atoms with E-state index in [-0.39, 0.29) is 16.8 Å². The van der Waals surface area contributed by atoms with E-state index in [2.05, 4.69) is 45.9 Å². The number of allylic oxidation sites excluding steroid dienone is 1. The van der Waals surface area contributed by atoms with E-state index in [9.17, 15) is 4.79 Å². The second kappa shape index (κ2) is 5.91. The summed E-state index contributed by atoms with van der Waals surface area (Å²) in [5, 5.41) is 0. The van der Waals surface area contributed by atoms with Crippen LogP contribution in [0.25, 0.3) is 5.57 Å². The van der Waals surface area contributed by atoms with E-state index < -0.39 is 0 Å². The molecule has 0 amide bonds. The van der Waals surface area contributed by atoms with Crippen LogP contribution in [0.15, 0.2) is 24.3 Å². The van der Waals surface area contributed by atoms with Crippen LogP contribution in [0.4, 0.5) is 0 Å². The van der Waals surface area contributed by atoms with Gasteiger partial charge in [-0.1, -0.05) is 45.9 Å². The van der Waals surface area contributed by atoms with Crippen molar-refractivity contribution in [2.45, 2.75) is 65.2 Å². The average Bonchev–Trinajstić information content (AvgIpc) is 2.44. The minimum Gasteiger partial charge on any atom is -0.463 e. The lowest BCUT2D eigenvalue weighted by atomic mass is 9.63. The largest absolute Gasteiger partial charge is 0.463 e. The first-order chi connectivity index (χ1) is 10.2. The van der Waals surface area contributed by atoms with Crippen LogP contribution in [0, 0.1) is 0 Å². The number of ether oxygens (including phenoxy) is 1. The van der Waals surface area contributed by atoms with E-state index in [1.165, 1.54) is 24.0 Å². The predicted octanol–water partition coefficient (Wildman–Crippen LogP) is 5.00. The molecule has 120 valence electrons. The molecule has 0 saturated heterocycles. The highest BCUT2D eigenvalue weighted by atomic mass is 16.5. The van der Waals surface area contributed by atoms with Crippen LogP contribution < -0.4 is 0 Å². The summed E-state index contributed by atoms with van der Waals surface area (Å²) in [5.41, 5.74) is 5.33. The highest BCUT2D eigenvalue weighted by molar-refractivity contribution is 5.91. The van der Waals surface area contributed by atoms with Gasteiger partial charge in [0.1, 0.15) is 0 Å². The third-order valence-corrected chi connectivity index (χ3v) is 4.93. The fraction of sp³-hybridized carbons (Fsp3) is 0.550. The Labute approximate surface area is 134 Å². The molecule has 0 aliphatic heterocycles. The van der Waals surface area contributed by atoms with Gasteiger partial charge in [-0.15, -0.1) is 0 Å². The van der Waals surface area contributed by atoms with E-state index in [0.29, 0.717) is 6.61 Å². The number of benzene rings is 1. The molecule has 2 heteroatoms. The molecule has 0 bridgehead atoms. The Hall–Kier alpha value is -1.57. The normalized spacial score (nSPS) is 19.5. The summed E-state index contributed by atoms with van der Waals surface area (Å²) in [4.78, 5) is 11.6. The molecule has 0 unspecified atom stereocenters. The van der Waals surface area contributed by atoms with Gasteiger partial charge in [0, 0.05) is 6.08 Å². The fourth-order valence-corrected chi connectivity index (χ4v) is 3.28. The molecule has 0 radical (unpaired) electrons. The summed E-state index contributed by atoms with van der Waals surface area (Å²) >= 11 is 0. The number of hydrogen-bond donors (Lipinski definition) is 0. The van der Waals surface area contributed by atoms with Crippen LogP contribution in [0.5, 0.6) is 0 Å². The lowest BCUT2D eigenvalue weighted by Crippen LogP contribution is -2.33. The molecular formula is C20H28O2. The molecule has 0 aromatic heterocycles. The van der Waals surface area contributed by atoms with Crippen molar-refractivity contribution >= 4 is 11.5 Å². The van der Waals surface area contributed by atoms with E-state index in [1.54, 1.807) is 6.08 Å². The van der Waals surface area contributed by atoms with Gasteiger partial charge in [-0.3, -0.25) is 0 Å². The Balaban J connectivity index is 2.44. The quantitative estimate of drug-likeness (QED) is 0.580. The Morgan fingerprint density at radius 1 is 1.14 bits per heavy atom. The minimum absolute atomic E-state index is 0.186. The second-order valence-electron chi connectivity index (χ2n) is 7.61. The lowest BCUT2D eigenvalue weighted by molar-refractivity contribution is -0.137. The number of carbonyl (C=O) groups is 1. The monoisotopic (exact) mass is 300 g/mol. The molecule has 1 aliphatic carbocycles. The number of esters is 1. The summed E-state index contributed by atoms with van der Waals surface area (Å²) in [6, 6.07) is 6.64. The van der Waals surface area contributed by atoms with Gasteiger partial charge in [0.05, 0.1) is 6.61 Å². The Bertz CT molecular complexity index is 606. The van der Waals surface area contributed by atoms with Crippen LogP contribution in [0.1, 0.15) is 71.1 Å². The van der Waals surface area contributed by atoms with E-state index in [4.69, 9.17) is 4.74 Å². The van der Waals surface area contributed by atoms with Gasteiger partial charge in [-0.05, 0) is 59.8 Å². The topological polar surface area (TPSA) is 26.3 Å². The van der Waals surface area contributed by atoms with Crippen molar-refractivity contribution < 1.29 is 9.53 Å². The number of hydrogen-bond acceptors (Lipinski definition) is 2. The van der Waals surface area contributed by atoms with Gasteiger partial charge in [0.15, 0.2) is 0 Å². The van der Waals surface area contributed by atoms with Crippen LogP contribution in [-0.4, -0.2) is 12.6 Å². The third-order valence-electron chi connectivity index (χ3n) is 4.93. The van der Waals surface area contributed by atoms with Crippen molar-refractivity contribution in [2.24, 2.45) is 0 Å². The SMILES string of the molecule is CCOC(=O)/C=C(/C)c1ccc2c(c1)C(C)(C)CCC2(C)C. The molecule has 2 rings (SSSR count). The first kappa shape index (κ1) is 16.8. The van der Waals surface area contributed by atoms with Gasteiger partial charge < -0.3 is 4.74 Å². The van der Waals surface area contributed by atoms with Crippen molar-refractivity contribution in [3.63, 3.8) is 0 Å². The first-order valence-electron chi connectivity index (χ1n) is 8.18. The van der Waals surface area contributed by atoms with E-state index in [1.807, 2.05) is 13.8 Å². The van der Waals surface area contributed by atoms with E-state index >= 15 is 0 Å². The zero-order valence-corrected chi connectivity index (χ0v) is 14.7. The summed E-state index contributed by atoms with van der Waals surface area (Å²) < 4.78 is 5.01. The number of fused-ring (bicyclic) bond motifs is 1. The first-order valence-corrected chi connectivity index (χ1v) is 8.18. The summed E-state index contributed by atoms with van der Waals surface area (Å²) in [7, 11) is 0. The molecule has 1 aromatic rings. The van der Waals surface area contributed by atoms with Gasteiger partial charge in [-0.2, -0.15) is 0 Å². The Kier molecular flexibility index (Phi) is 4.51. The van der Waals surface area contributed by atoms with Crippen molar-refractivity contribution in [3.05, 3.63) is 41.0 Å². The van der Waals surface area contributed by atoms with Crippen LogP contribution in [0.3, 0.4) is 0 Å². The summed E-state index contributed by atoms with van der Waals surface area (Å²) in [6.07, 6.45) is 3.99. The van der Waals surface area contributed by atoms with Crippen LogP contribution >= 0.6 is 0 Å². The summed E-state index contributed by atoms with van der Waals surface area (Å²) in [6.45, 7) is 13.5. The number of carbonyl (C=O) groups excluding carboxylic acids is 1.